The molecule has 0 spiro atoms. The molecule has 7 nitrogen and oxygen atoms in total. The molecule has 2 aromatic carbocycles. The van der Waals surface area contributed by atoms with Crippen molar-refractivity contribution >= 4 is 27.5 Å². The van der Waals surface area contributed by atoms with E-state index in [9.17, 15) is 9.50 Å². The zero-order valence-corrected chi connectivity index (χ0v) is 22.3. The number of phenols is 1. The average Bonchev–Trinajstić information content (AvgIpc) is 3.28. The lowest BCUT2D eigenvalue weighted by atomic mass is 9.95. The van der Waals surface area contributed by atoms with Crippen LogP contribution < -0.4 is 15.0 Å². The zero-order chi connectivity index (χ0) is 28.1. The first-order valence-electron chi connectivity index (χ1n) is 13.2. The van der Waals surface area contributed by atoms with Crippen molar-refractivity contribution in [1.29, 1.82) is 0 Å². The molecule has 6 rings (SSSR count). The molecule has 0 aliphatic carbocycles. The number of ether oxygens (including phenoxy) is 1. The van der Waals surface area contributed by atoms with Crippen molar-refractivity contribution in [1.82, 2.24) is 20.3 Å². The minimum absolute atomic E-state index is 0.00308. The topological polar surface area (TPSA) is 83.4 Å². The van der Waals surface area contributed by atoms with Gasteiger partial charge in [0.15, 0.2) is 5.82 Å². The summed E-state index contributed by atoms with van der Waals surface area (Å²) in [5.74, 6) is 7.56. The number of benzene rings is 2. The lowest BCUT2D eigenvalue weighted by Crippen LogP contribution is -2.51. The molecule has 2 aliphatic heterocycles. The van der Waals surface area contributed by atoms with Crippen LogP contribution in [0.25, 0.3) is 32.9 Å². The van der Waals surface area contributed by atoms with Crippen molar-refractivity contribution in [2.75, 3.05) is 25.1 Å². The molecule has 2 fully saturated rings. The first-order chi connectivity index (χ1) is 19.3. The molecule has 2 aromatic heterocycles. The lowest BCUT2D eigenvalue weighted by molar-refractivity contribution is 0.380. The van der Waals surface area contributed by atoms with Crippen LogP contribution >= 0.6 is 0 Å². The van der Waals surface area contributed by atoms with Crippen molar-refractivity contribution < 1.29 is 18.6 Å². The number of halogens is 2. The van der Waals surface area contributed by atoms with Crippen LogP contribution in [0.2, 0.25) is 0 Å². The molecule has 9 heteroatoms. The first kappa shape index (κ1) is 25.8. The molecule has 0 amide bonds. The van der Waals surface area contributed by atoms with Crippen molar-refractivity contribution in [2.45, 2.75) is 38.8 Å². The van der Waals surface area contributed by atoms with Gasteiger partial charge in [0, 0.05) is 42.0 Å². The fourth-order valence-electron chi connectivity index (χ4n) is 5.66. The minimum atomic E-state index is -0.774. The van der Waals surface area contributed by atoms with E-state index in [4.69, 9.17) is 11.2 Å². The smallest absolute Gasteiger partial charge is 0.318 e. The summed E-state index contributed by atoms with van der Waals surface area (Å²) in [6, 6.07) is 6.07. The maximum Gasteiger partial charge on any atom is 0.318 e. The number of rotatable bonds is 3. The highest BCUT2D eigenvalue weighted by Gasteiger charge is 2.35. The Balaban J connectivity index is 1.70. The number of anilines is 1. The van der Waals surface area contributed by atoms with E-state index in [2.05, 4.69) is 42.9 Å². The number of fused-ring (bicyclic) bond motifs is 4. The number of nitrogens with one attached hydrogen (secondary N) is 1. The summed E-state index contributed by atoms with van der Waals surface area (Å²) >= 11 is 0. The van der Waals surface area contributed by atoms with E-state index in [1.165, 1.54) is 31.4 Å². The average molecular weight is 540 g/mol. The summed E-state index contributed by atoms with van der Waals surface area (Å²) in [4.78, 5) is 15.9. The quantitative estimate of drug-likeness (QED) is 0.363. The molecular weight excluding hydrogens is 512 g/mol. The molecule has 4 heterocycles. The van der Waals surface area contributed by atoms with E-state index < -0.39 is 11.6 Å². The fraction of sp³-hybridized carbons (Fsp3) is 0.323. The predicted octanol–water partition coefficient (Wildman–Crippen LogP) is 4.77. The Morgan fingerprint density at radius 3 is 2.52 bits per heavy atom. The van der Waals surface area contributed by atoms with E-state index in [0.717, 1.165) is 12.8 Å². The van der Waals surface area contributed by atoms with Crippen LogP contribution in [0.5, 0.6) is 11.8 Å². The summed E-state index contributed by atoms with van der Waals surface area (Å²) in [6.07, 6.45) is 7.78. The second-order valence-corrected chi connectivity index (χ2v) is 10.5. The normalized spacial score (nSPS) is 18.2. The van der Waals surface area contributed by atoms with E-state index in [1.807, 2.05) is 13.8 Å². The third-order valence-electron chi connectivity index (χ3n) is 7.37. The molecule has 0 saturated carbocycles. The Labute approximate surface area is 230 Å². The van der Waals surface area contributed by atoms with Gasteiger partial charge in [-0.15, -0.1) is 6.42 Å². The number of hydrogen-bond acceptors (Lipinski definition) is 7. The van der Waals surface area contributed by atoms with Crippen LogP contribution in [0, 0.1) is 41.7 Å². The Morgan fingerprint density at radius 2 is 1.85 bits per heavy atom. The third-order valence-corrected chi connectivity index (χ3v) is 7.37. The highest BCUT2D eigenvalue weighted by atomic mass is 19.1. The van der Waals surface area contributed by atoms with Gasteiger partial charge in [0.1, 0.15) is 34.3 Å². The molecule has 0 radical (unpaired) electrons. The molecule has 4 aromatic rings. The zero-order valence-electron chi connectivity index (χ0n) is 22.3. The summed E-state index contributed by atoms with van der Waals surface area (Å²) in [6.45, 7) is 5.26. The van der Waals surface area contributed by atoms with Gasteiger partial charge < -0.3 is 20.1 Å². The van der Waals surface area contributed by atoms with Crippen molar-refractivity contribution in [3.63, 3.8) is 0 Å². The van der Waals surface area contributed by atoms with E-state index >= 15 is 4.39 Å². The largest absolute Gasteiger partial charge is 0.508 e. The van der Waals surface area contributed by atoms with Crippen LogP contribution in [-0.2, 0) is 0 Å². The minimum Gasteiger partial charge on any atom is -0.508 e. The van der Waals surface area contributed by atoms with Gasteiger partial charge in [0.2, 0.25) is 0 Å². The van der Waals surface area contributed by atoms with Crippen molar-refractivity contribution in [3.05, 3.63) is 47.2 Å². The highest BCUT2D eigenvalue weighted by molar-refractivity contribution is 6.04. The van der Waals surface area contributed by atoms with Gasteiger partial charge in [-0.05, 0) is 42.3 Å². The molecule has 2 aliphatic rings. The van der Waals surface area contributed by atoms with E-state index in [0.29, 0.717) is 41.8 Å². The van der Waals surface area contributed by atoms with Crippen LogP contribution in [0.1, 0.15) is 37.9 Å². The second-order valence-electron chi connectivity index (χ2n) is 10.5. The number of pyridine rings is 1. The van der Waals surface area contributed by atoms with Gasteiger partial charge in [-0.25, -0.2) is 13.8 Å². The highest BCUT2D eigenvalue weighted by Crippen LogP contribution is 2.40. The molecule has 2 bridgehead atoms. The van der Waals surface area contributed by atoms with Crippen molar-refractivity contribution in [3.8, 4) is 47.2 Å². The summed E-state index contributed by atoms with van der Waals surface area (Å²) in [7, 11) is 1.43. The Morgan fingerprint density at radius 1 is 1.10 bits per heavy atom. The number of aromatic hydroxyl groups is 1. The Bertz CT molecular complexity index is 1780. The molecule has 2 atom stereocenters. The molecule has 40 heavy (non-hydrogen) atoms. The number of nitrogens with zero attached hydrogens (tertiary/aromatic N) is 4. The van der Waals surface area contributed by atoms with E-state index in [1.54, 1.807) is 0 Å². The number of phenolic OH excluding ortho intramolecular Hbond substituents is 1. The fourth-order valence-corrected chi connectivity index (χ4v) is 5.66. The number of piperazine rings is 1. The number of aromatic nitrogens is 3. The van der Waals surface area contributed by atoms with Crippen LogP contribution in [0.3, 0.4) is 0 Å². The SMILES string of the molecule is C#Cc1c(F)ccc2cc(O)cc(-c3nc(C#CC(C)C)c4c(N5CC6CCC(C5)N6)nc(OC)nc4c3F)c12. The number of terminal acetylenes is 1. The Kier molecular flexibility index (Phi) is 6.40. The van der Waals surface area contributed by atoms with Crippen LogP contribution in [-0.4, -0.2) is 52.3 Å². The van der Waals surface area contributed by atoms with Gasteiger partial charge in [0.25, 0.3) is 0 Å². The first-order valence-corrected chi connectivity index (χ1v) is 13.2. The monoisotopic (exact) mass is 539 g/mol. The van der Waals surface area contributed by atoms with Crippen LogP contribution in [0.4, 0.5) is 14.6 Å². The third kappa shape index (κ3) is 4.33. The van der Waals surface area contributed by atoms with Crippen LogP contribution in [0.15, 0.2) is 24.3 Å². The van der Waals surface area contributed by atoms with Gasteiger partial charge in [-0.3, -0.25) is 0 Å². The lowest BCUT2D eigenvalue weighted by Gasteiger charge is -2.34. The standard InChI is InChI=1S/C31H27F2N5O2/c1-5-21-23(32)10-7-17-12-20(39)13-22(25(17)21)28-27(33)29-26(24(35-28)11-6-16(2)3)30(37-31(36-29)40-4)38-14-18-8-9-19(15-38)34-18/h1,7,10,12-13,16,18-19,34,39H,8-9,14-15H2,2-4H3. The summed E-state index contributed by atoms with van der Waals surface area (Å²) < 4.78 is 36.8. The maximum absolute atomic E-state index is 16.6. The predicted molar refractivity (Wildman–Crippen MR) is 150 cm³/mol. The van der Waals surface area contributed by atoms with Gasteiger partial charge in [-0.1, -0.05) is 31.8 Å². The van der Waals surface area contributed by atoms with Gasteiger partial charge in [0.05, 0.1) is 18.1 Å². The molecule has 2 unspecified atom stereocenters. The summed E-state index contributed by atoms with van der Waals surface area (Å²) in [5, 5.41) is 15.2. The Hall–Kier alpha value is -4.47. The second kappa shape index (κ2) is 9.93. The van der Waals surface area contributed by atoms with Gasteiger partial charge >= 0.3 is 6.01 Å². The summed E-state index contributed by atoms with van der Waals surface area (Å²) in [5.41, 5.74) is 0.171. The molecule has 2 N–H and O–H groups in total. The molecule has 2 saturated heterocycles. The molecule has 202 valence electrons. The number of methoxy groups -OCH3 is 1. The maximum atomic E-state index is 16.6. The van der Waals surface area contributed by atoms with Crippen molar-refractivity contribution in [2.24, 2.45) is 5.92 Å². The molecular formula is C31H27F2N5O2. The number of hydrogen-bond donors (Lipinski definition) is 2. The van der Waals surface area contributed by atoms with Gasteiger partial charge in [-0.2, -0.15) is 9.97 Å². The van der Waals surface area contributed by atoms with E-state index in [-0.39, 0.29) is 51.1 Å².